The third kappa shape index (κ3) is 51.6. The van der Waals surface area contributed by atoms with Gasteiger partial charge in [-0.2, -0.15) is 0 Å². The molecule has 0 aromatic heterocycles. The van der Waals surface area contributed by atoms with E-state index in [1.165, 1.54) is 0 Å². The summed E-state index contributed by atoms with van der Waals surface area (Å²) in [6.07, 6.45) is 0. The second-order valence-corrected chi connectivity index (χ2v) is 0.927. The minimum absolute atomic E-state index is 0. The molecule has 0 aliphatic heterocycles. The first kappa shape index (κ1) is 22.6. The van der Waals surface area contributed by atoms with Gasteiger partial charge in [-0.1, -0.05) is 0 Å². The molecule has 0 atom stereocenters. The van der Waals surface area contributed by atoms with Crippen molar-refractivity contribution in [2.75, 3.05) is 6.61 Å². The molecule has 0 rings (SSSR count). The zero-order valence-corrected chi connectivity index (χ0v) is 5.87. The Labute approximate surface area is 62.5 Å². The van der Waals surface area contributed by atoms with Crippen LogP contribution in [-0.4, -0.2) is 44.8 Å². The Morgan fingerprint density at radius 2 is 1.18 bits per heavy atom. The second-order valence-electron chi connectivity index (χ2n) is 0.927. The van der Waals surface area contributed by atoms with Crippen LogP contribution in [0.25, 0.3) is 0 Å². The van der Waals surface area contributed by atoms with E-state index in [0.717, 1.165) is 0 Å². The fourth-order valence-corrected chi connectivity index (χ4v) is 0. The predicted molar refractivity (Wildman–Crippen MR) is 35.3 cm³/mol. The average molecular weight is 172 g/mol. The zero-order valence-electron chi connectivity index (χ0n) is 5.87. The van der Waals surface area contributed by atoms with Crippen LogP contribution in [0.5, 0.6) is 0 Å². The Balaban J connectivity index is -0.0000000437. The quantitative estimate of drug-likeness (QED) is 0.344. The highest BCUT2D eigenvalue weighted by Crippen LogP contribution is 1.56. The number of hydrogen-bond acceptors (Lipinski definition) is 3. The normalized spacial score (nSPS) is 5.64. The van der Waals surface area contributed by atoms with Crippen LogP contribution in [0.15, 0.2) is 0 Å². The van der Waals surface area contributed by atoms with Gasteiger partial charge in [0, 0.05) is 6.61 Å². The fourth-order valence-electron chi connectivity index (χ4n) is 0. The molecule has 0 amide bonds. The highest BCUT2D eigenvalue weighted by atomic mass is 16.4. The van der Waals surface area contributed by atoms with E-state index in [2.05, 4.69) is 0 Å². The molecule has 0 aliphatic carbocycles. The van der Waals surface area contributed by atoms with Gasteiger partial charge in [-0.25, -0.2) is 9.59 Å². The van der Waals surface area contributed by atoms with E-state index in [1.54, 1.807) is 6.92 Å². The van der Waals surface area contributed by atoms with Gasteiger partial charge in [0.2, 0.25) is 0 Å². The van der Waals surface area contributed by atoms with Gasteiger partial charge in [-0.05, 0) is 6.92 Å². The minimum Gasteiger partial charge on any atom is -0.473 e. The average Bonchev–Trinajstić information content (AvgIpc) is 1.68. The lowest BCUT2D eigenvalue weighted by atomic mass is 10.7. The van der Waals surface area contributed by atoms with Crippen molar-refractivity contribution in [1.82, 2.24) is 0 Å². The number of aliphatic hydroxyl groups excluding tert-OH is 1. The number of carboxylic acids is 2. The fraction of sp³-hybridized carbons (Fsp3) is 0.500. The van der Waals surface area contributed by atoms with Crippen molar-refractivity contribution >= 4 is 11.9 Å². The lowest BCUT2D eigenvalue weighted by Gasteiger charge is -1.72. The molecule has 0 bridgehead atoms. The molecular weight excluding hydrogens is 160 g/mol. The van der Waals surface area contributed by atoms with Crippen LogP contribution >= 0.6 is 0 Å². The summed E-state index contributed by atoms with van der Waals surface area (Å²) in [6, 6.07) is 0. The molecule has 0 spiro atoms. The van der Waals surface area contributed by atoms with Gasteiger partial charge in [0.1, 0.15) is 0 Å². The summed E-state index contributed by atoms with van der Waals surface area (Å²) < 4.78 is 0. The first-order valence-corrected chi connectivity index (χ1v) is 2.13. The molecule has 0 heterocycles. The summed E-state index contributed by atoms with van der Waals surface area (Å²) in [5.41, 5.74) is 0. The van der Waals surface area contributed by atoms with Crippen LogP contribution in [-0.2, 0) is 9.59 Å². The van der Waals surface area contributed by atoms with E-state index in [0.29, 0.717) is 0 Å². The third-order valence-corrected chi connectivity index (χ3v) is 0.183. The molecule has 0 aromatic carbocycles. The molecule has 0 unspecified atom stereocenters. The summed E-state index contributed by atoms with van der Waals surface area (Å²) in [6.45, 7) is 1.93. The first-order valence-electron chi connectivity index (χ1n) is 2.13. The maximum atomic E-state index is 9.10. The number of aliphatic carboxylic acids is 2. The predicted octanol–water partition coefficient (Wildman–Crippen LogP) is -2.50. The molecule has 7 heteroatoms. The second kappa shape index (κ2) is 15.9. The van der Waals surface area contributed by atoms with Gasteiger partial charge in [-0.3, -0.25) is 0 Å². The van der Waals surface area contributed by atoms with E-state index in [1.807, 2.05) is 0 Å². The summed E-state index contributed by atoms with van der Waals surface area (Å²) in [7, 11) is 0. The van der Waals surface area contributed by atoms with Crippen molar-refractivity contribution in [3.63, 3.8) is 0 Å². The Bertz CT molecular complexity index is 86.6. The van der Waals surface area contributed by atoms with Gasteiger partial charge < -0.3 is 26.3 Å². The van der Waals surface area contributed by atoms with E-state index in [4.69, 9.17) is 24.9 Å². The van der Waals surface area contributed by atoms with Crippen molar-refractivity contribution in [3.05, 3.63) is 0 Å². The van der Waals surface area contributed by atoms with Crippen molar-refractivity contribution in [1.29, 1.82) is 0 Å². The highest BCUT2D eigenvalue weighted by Gasteiger charge is 2.04. The molecule has 0 aliphatic rings. The number of aliphatic hydroxyl groups is 1. The number of carboxylic acid groups (broad SMARTS) is 2. The molecule has 11 heavy (non-hydrogen) atoms. The summed E-state index contributed by atoms with van der Waals surface area (Å²) >= 11 is 0. The van der Waals surface area contributed by atoms with Crippen molar-refractivity contribution < 1.29 is 35.9 Å². The van der Waals surface area contributed by atoms with Crippen molar-refractivity contribution in [3.8, 4) is 0 Å². The van der Waals surface area contributed by atoms with E-state index in [-0.39, 0.29) is 17.6 Å². The van der Waals surface area contributed by atoms with Crippen LogP contribution in [0.1, 0.15) is 6.92 Å². The monoisotopic (exact) mass is 172 g/mol. The van der Waals surface area contributed by atoms with Gasteiger partial charge in [0.25, 0.3) is 0 Å². The topological polar surface area (TPSA) is 158 Å². The van der Waals surface area contributed by atoms with Crippen LogP contribution in [0.4, 0.5) is 0 Å². The molecule has 7 nitrogen and oxygen atoms in total. The van der Waals surface area contributed by atoms with Gasteiger partial charge >= 0.3 is 11.9 Å². The Morgan fingerprint density at radius 1 is 1.09 bits per heavy atom. The molecule has 70 valence electrons. The summed E-state index contributed by atoms with van der Waals surface area (Å²) in [5, 5.41) is 22.4. The SMILES string of the molecule is CCO.O.O.O=C(O)C(=O)O. The van der Waals surface area contributed by atoms with Gasteiger partial charge in [-0.15, -0.1) is 0 Å². The highest BCUT2D eigenvalue weighted by molar-refractivity contribution is 6.27. The maximum absolute atomic E-state index is 9.10. The smallest absolute Gasteiger partial charge is 0.414 e. The minimum atomic E-state index is -1.82. The molecule has 0 saturated carbocycles. The van der Waals surface area contributed by atoms with Crippen LogP contribution < -0.4 is 0 Å². The number of rotatable bonds is 0. The lowest BCUT2D eigenvalue weighted by Crippen LogP contribution is -2.09. The number of carbonyl (C=O) groups is 2. The lowest BCUT2D eigenvalue weighted by molar-refractivity contribution is -0.159. The van der Waals surface area contributed by atoms with Gasteiger partial charge in [0.15, 0.2) is 0 Å². The molecule has 0 aromatic rings. The standard InChI is InChI=1S/C2H2O4.C2H6O.2H2O/c3-1(4)2(5)6;1-2-3;;/h(H,3,4)(H,5,6);3H,2H2,1H3;2*1H2. The van der Waals surface area contributed by atoms with E-state index >= 15 is 0 Å². The van der Waals surface area contributed by atoms with E-state index < -0.39 is 11.9 Å². The third-order valence-electron chi connectivity index (χ3n) is 0.183. The number of hydrogen-bond donors (Lipinski definition) is 3. The van der Waals surface area contributed by atoms with Crippen LogP contribution in [0, 0.1) is 0 Å². The Kier molecular flexibility index (Phi) is 32.6. The summed E-state index contributed by atoms with van der Waals surface area (Å²) in [5.74, 6) is -3.65. The van der Waals surface area contributed by atoms with Crippen molar-refractivity contribution in [2.24, 2.45) is 0 Å². The Hall–Kier alpha value is -1.18. The van der Waals surface area contributed by atoms with Gasteiger partial charge in [0.05, 0.1) is 0 Å². The van der Waals surface area contributed by atoms with E-state index in [9.17, 15) is 0 Å². The van der Waals surface area contributed by atoms with Crippen molar-refractivity contribution in [2.45, 2.75) is 6.92 Å². The zero-order chi connectivity index (χ0) is 7.86. The molecular formula is C4H12O7. The maximum Gasteiger partial charge on any atom is 0.414 e. The molecule has 0 saturated heterocycles. The van der Waals surface area contributed by atoms with Crippen LogP contribution in [0.2, 0.25) is 0 Å². The Morgan fingerprint density at radius 3 is 1.18 bits per heavy atom. The summed E-state index contributed by atoms with van der Waals surface area (Å²) in [4.78, 5) is 18.2. The molecule has 0 fully saturated rings. The van der Waals surface area contributed by atoms with Crippen LogP contribution in [0.3, 0.4) is 0 Å². The largest absolute Gasteiger partial charge is 0.473 e. The first-order chi connectivity index (χ1) is 4.06. The molecule has 7 N–H and O–H groups in total. The molecule has 0 radical (unpaired) electrons.